The molecule has 0 radical (unpaired) electrons. The molecular formula is C7H9N3O2. The molecule has 0 atom stereocenters. The molecule has 1 aromatic rings. The zero-order valence-corrected chi connectivity index (χ0v) is 6.55. The molecule has 0 aliphatic heterocycles. The smallest absolute Gasteiger partial charge is 0.286 e. The molecule has 64 valence electrons. The van der Waals surface area contributed by atoms with Crippen LogP contribution in [0.4, 0.5) is 0 Å². The van der Waals surface area contributed by atoms with E-state index in [1.807, 2.05) is 0 Å². The molecule has 0 spiro atoms. The van der Waals surface area contributed by atoms with Gasteiger partial charge in [-0.2, -0.15) is 0 Å². The normalized spacial score (nSPS) is 9.08. The van der Waals surface area contributed by atoms with Gasteiger partial charge in [-0.15, -0.1) is 0 Å². The van der Waals surface area contributed by atoms with Crippen LogP contribution in [-0.2, 0) is 4.79 Å². The van der Waals surface area contributed by atoms with Gasteiger partial charge in [0.25, 0.3) is 5.91 Å². The zero-order chi connectivity index (χ0) is 8.97. The minimum atomic E-state index is -0.366. The highest BCUT2D eigenvalue weighted by Gasteiger charge is 2.04. The highest BCUT2D eigenvalue weighted by molar-refractivity contribution is 5.93. The summed E-state index contributed by atoms with van der Waals surface area (Å²) in [5.74, 6) is -0.676. The molecule has 5 nitrogen and oxygen atoms in total. The Morgan fingerprint density at radius 1 is 1.42 bits per heavy atom. The molecule has 0 unspecified atom stereocenters. The third kappa shape index (κ3) is 2.12. The Morgan fingerprint density at radius 2 is 2.17 bits per heavy atom. The summed E-state index contributed by atoms with van der Waals surface area (Å²) in [5.41, 5.74) is 4.80. The lowest BCUT2D eigenvalue weighted by Crippen LogP contribution is -2.40. The maximum atomic E-state index is 11.1. The first-order valence-corrected chi connectivity index (χ1v) is 3.40. The first kappa shape index (κ1) is 8.32. The van der Waals surface area contributed by atoms with Gasteiger partial charge in [0.2, 0.25) is 5.91 Å². The first-order chi connectivity index (χ1) is 5.70. The van der Waals surface area contributed by atoms with Crippen molar-refractivity contribution in [2.45, 2.75) is 6.92 Å². The molecule has 0 saturated carbocycles. The molecule has 12 heavy (non-hydrogen) atoms. The Kier molecular flexibility index (Phi) is 2.47. The van der Waals surface area contributed by atoms with Crippen molar-refractivity contribution in [3.63, 3.8) is 0 Å². The molecule has 2 amide bonds. The van der Waals surface area contributed by atoms with E-state index in [0.29, 0.717) is 5.69 Å². The second kappa shape index (κ2) is 3.56. The van der Waals surface area contributed by atoms with Gasteiger partial charge >= 0.3 is 0 Å². The molecule has 3 N–H and O–H groups in total. The highest BCUT2D eigenvalue weighted by Crippen LogP contribution is 1.91. The molecule has 0 aromatic carbocycles. The van der Waals surface area contributed by atoms with Crippen molar-refractivity contribution in [3.8, 4) is 0 Å². The number of carbonyl (C=O) groups is 2. The summed E-state index contributed by atoms with van der Waals surface area (Å²) in [6.07, 6.45) is 1.63. The van der Waals surface area contributed by atoms with E-state index in [1.165, 1.54) is 6.92 Å². The molecule has 1 aromatic heterocycles. The van der Waals surface area contributed by atoms with E-state index < -0.39 is 0 Å². The van der Waals surface area contributed by atoms with E-state index >= 15 is 0 Å². The summed E-state index contributed by atoms with van der Waals surface area (Å²) < 4.78 is 0. The Hall–Kier alpha value is -1.78. The Labute approximate surface area is 69.1 Å². The number of hydrogen-bond acceptors (Lipinski definition) is 2. The van der Waals surface area contributed by atoms with E-state index in [1.54, 1.807) is 18.3 Å². The van der Waals surface area contributed by atoms with Crippen molar-refractivity contribution in [1.82, 2.24) is 15.8 Å². The van der Waals surface area contributed by atoms with Crippen LogP contribution in [0.1, 0.15) is 17.4 Å². The number of H-pyrrole nitrogens is 1. The van der Waals surface area contributed by atoms with Crippen LogP contribution in [0.2, 0.25) is 0 Å². The van der Waals surface area contributed by atoms with Crippen molar-refractivity contribution in [2.75, 3.05) is 0 Å². The lowest BCUT2D eigenvalue weighted by Gasteiger charge is -2.01. The third-order valence-corrected chi connectivity index (χ3v) is 1.19. The summed E-state index contributed by atoms with van der Waals surface area (Å²) in [5, 5.41) is 0. The van der Waals surface area contributed by atoms with Crippen LogP contribution in [0.15, 0.2) is 18.3 Å². The van der Waals surface area contributed by atoms with Crippen LogP contribution in [-0.4, -0.2) is 16.8 Å². The number of aromatic amines is 1. The Morgan fingerprint density at radius 3 is 2.67 bits per heavy atom. The van der Waals surface area contributed by atoms with E-state index in [2.05, 4.69) is 15.8 Å². The number of rotatable bonds is 1. The van der Waals surface area contributed by atoms with Crippen LogP contribution in [0.5, 0.6) is 0 Å². The van der Waals surface area contributed by atoms with Crippen molar-refractivity contribution < 1.29 is 9.59 Å². The number of amides is 2. The first-order valence-electron chi connectivity index (χ1n) is 3.40. The maximum Gasteiger partial charge on any atom is 0.286 e. The van der Waals surface area contributed by atoms with Crippen LogP contribution < -0.4 is 10.9 Å². The molecule has 5 heteroatoms. The number of aromatic nitrogens is 1. The summed E-state index contributed by atoms with van der Waals surface area (Å²) in [6, 6.07) is 3.31. The Balaban J connectivity index is 2.45. The minimum Gasteiger partial charge on any atom is -0.357 e. The van der Waals surface area contributed by atoms with E-state index in [4.69, 9.17) is 0 Å². The highest BCUT2D eigenvalue weighted by atomic mass is 16.2. The topological polar surface area (TPSA) is 74.0 Å². The van der Waals surface area contributed by atoms with E-state index in [9.17, 15) is 9.59 Å². The number of nitrogens with one attached hydrogen (secondary N) is 3. The predicted molar refractivity (Wildman–Crippen MR) is 42.1 cm³/mol. The van der Waals surface area contributed by atoms with Gasteiger partial charge in [0, 0.05) is 13.1 Å². The summed E-state index contributed by atoms with van der Waals surface area (Å²) >= 11 is 0. The monoisotopic (exact) mass is 167 g/mol. The number of hydrogen-bond donors (Lipinski definition) is 3. The lowest BCUT2D eigenvalue weighted by molar-refractivity contribution is -0.119. The largest absolute Gasteiger partial charge is 0.357 e. The quantitative estimate of drug-likeness (QED) is 0.506. The molecular weight excluding hydrogens is 158 g/mol. The molecule has 0 saturated heterocycles. The van der Waals surface area contributed by atoms with Crippen LogP contribution in [0.25, 0.3) is 0 Å². The molecule has 1 rings (SSSR count). The van der Waals surface area contributed by atoms with Gasteiger partial charge in [-0.25, -0.2) is 0 Å². The van der Waals surface area contributed by atoms with Crippen molar-refractivity contribution in [1.29, 1.82) is 0 Å². The maximum absolute atomic E-state index is 11.1. The fraction of sp³-hybridized carbons (Fsp3) is 0.143. The Bertz CT molecular complexity index is 279. The average Bonchev–Trinajstić information content (AvgIpc) is 2.51. The predicted octanol–water partition coefficient (Wildman–Crippen LogP) is -0.204. The lowest BCUT2D eigenvalue weighted by atomic mass is 10.4. The summed E-state index contributed by atoms with van der Waals surface area (Å²) in [6.45, 7) is 1.31. The van der Waals surface area contributed by atoms with Gasteiger partial charge in [-0.05, 0) is 12.1 Å². The molecule has 0 bridgehead atoms. The van der Waals surface area contributed by atoms with Gasteiger partial charge in [0.1, 0.15) is 5.69 Å². The minimum absolute atomic E-state index is 0.310. The molecule has 0 aliphatic rings. The average molecular weight is 167 g/mol. The molecule has 0 fully saturated rings. The van der Waals surface area contributed by atoms with Crippen LogP contribution in [0.3, 0.4) is 0 Å². The van der Waals surface area contributed by atoms with Crippen LogP contribution >= 0.6 is 0 Å². The SMILES string of the molecule is CC(=O)NNC(=O)c1ccc[nH]1. The fourth-order valence-electron chi connectivity index (χ4n) is 0.684. The summed E-state index contributed by atoms with van der Waals surface area (Å²) in [4.78, 5) is 24.1. The second-order valence-electron chi connectivity index (χ2n) is 2.22. The van der Waals surface area contributed by atoms with Gasteiger partial charge in [0.15, 0.2) is 0 Å². The fourth-order valence-corrected chi connectivity index (χ4v) is 0.684. The van der Waals surface area contributed by atoms with Crippen molar-refractivity contribution in [3.05, 3.63) is 24.0 Å². The number of hydrazine groups is 1. The van der Waals surface area contributed by atoms with Gasteiger partial charge in [0.05, 0.1) is 0 Å². The van der Waals surface area contributed by atoms with Crippen LogP contribution in [0, 0.1) is 0 Å². The van der Waals surface area contributed by atoms with E-state index in [0.717, 1.165) is 0 Å². The van der Waals surface area contributed by atoms with E-state index in [-0.39, 0.29) is 11.8 Å². The zero-order valence-electron chi connectivity index (χ0n) is 6.55. The van der Waals surface area contributed by atoms with Gasteiger partial charge in [-0.3, -0.25) is 20.4 Å². The van der Waals surface area contributed by atoms with Gasteiger partial charge < -0.3 is 4.98 Å². The number of carbonyl (C=O) groups excluding carboxylic acids is 2. The van der Waals surface area contributed by atoms with Crippen molar-refractivity contribution in [2.24, 2.45) is 0 Å². The molecule has 1 heterocycles. The summed E-state index contributed by atoms with van der Waals surface area (Å²) in [7, 11) is 0. The van der Waals surface area contributed by atoms with Gasteiger partial charge in [-0.1, -0.05) is 0 Å². The van der Waals surface area contributed by atoms with Crippen molar-refractivity contribution >= 4 is 11.8 Å². The second-order valence-corrected chi connectivity index (χ2v) is 2.22. The molecule has 0 aliphatic carbocycles. The standard InChI is InChI=1S/C7H9N3O2/c1-5(11)9-10-7(12)6-3-2-4-8-6/h2-4,8H,1H3,(H,9,11)(H,10,12). The third-order valence-electron chi connectivity index (χ3n) is 1.19.